The van der Waals surface area contributed by atoms with E-state index in [1.54, 1.807) is 0 Å². The number of rotatable bonds is 5. The van der Waals surface area contributed by atoms with E-state index >= 15 is 0 Å². The van der Waals surface area contributed by atoms with Gasteiger partial charge < -0.3 is 10.6 Å². The molecule has 23 heavy (non-hydrogen) atoms. The van der Waals surface area contributed by atoms with Gasteiger partial charge in [0, 0.05) is 12.6 Å². The highest BCUT2D eigenvalue weighted by molar-refractivity contribution is 5.93. The van der Waals surface area contributed by atoms with E-state index in [2.05, 4.69) is 10.6 Å². The number of benzene rings is 2. The lowest BCUT2D eigenvalue weighted by molar-refractivity contribution is -0.120. The van der Waals surface area contributed by atoms with Crippen molar-refractivity contribution < 1.29 is 9.59 Å². The van der Waals surface area contributed by atoms with Crippen LogP contribution >= 0.6 is 0 Å². The molecule has 120 valence electrons. The van der Waals surface area contributed by atoms with Crippen LogP contribution in [0.15, 0.2) is 48.5 Å². The molecule has 0 saturated carbocycles. The molecule has 0 fully saturated rings. The Morgan fingerprint density at radius 3 is 2.13 bits per heavy atom. The molecule has 0 aliphatic heterocycles. The summed E-state index contributed by atoms with van der Waals surface area (Å²) in [5.41, 5.74) is 3.80. The van der Waals surface area contributed by atoms with Gasteiger partial charge in [0.2, 0.25) is 11.8 Å². The van der Waals surface area contributed by atoms with Gasteiger partial charge in [-0.05, 0) is 30.5 Å². The Balaban J connectivity index is 2.13. The first-order valence-electron chi connectivity index (χ1n) is 7.65. The van der Waals surface area contributed by atoms with Gasteiger partial charge >= 0.3 is 0 Å². The fourth-order valence-electron chi connectivity index (χ4n) is 2.57. The maximum Gasteiger partial charge on any atom is 0.226 e. The molecule has 0 spiro atoms. The Hall–Kier alpha value is -2.62. The zero-order valence-electron chi connectivity index (χ0n) is 13.7. The van der Waals surface area contributed by atoms with Gasteiger partial charge in [0.25, 0.3) is 0 Å². The van der Waals surface area contributed by atoms with Crippen LogP contribution in [0.3, 0.4) is 0 Å². The maximum absolute atomic E-state index is 12.4. The van der Waals surface area contributed by atoms with Crippen molar-refractivity contribution in [3.8, 4) is 0 Å². The predicted molar refractivity (Wildman–Crippen MR) is 92.2 cm³/mol. The molecular weight excluding hydrogens is 288 g/mol. The summed E-state index contributed by atoms with van der Waals surface area (Å²) in [7, 11) is 0. The number of aryl methyl sites for hydroxylation is 2. The molecule has 0 saturated heterocycles. The zero-order valence-corrected chi connectivity index (χ0v) is 13.7. The number of carbonyl (C=O) groups is 2. The van der Waals surface area contributed by atoms with Crippen LogP contribution in [0, 0.1) is 13.8 Å². The Bertz CT molecular complexity index is 676. The van der Waals surface area contributed by atoms with Crippen molar-refractivity contribution in [1.82, 2.24) is 5.32 Å². The van der Waals surface area contributed by atoms with Crippen LogP contribution in [0.1, 0.15) is 36.1 Å². The minimum Gasteiger partial charge on any atom is -0.349 e. The fourth-order valence-corrected chi connectivity index (χ4v) is 2.57. The number of carbonyl (C=O) groups excluding carboxylic acids is 2. The topological polar surface area (TPSA) is 58.2 Å². The summed E-state index contributed by atoms with van der Waals surface area (Å²) in [5.74, 6) is -0.274. The number of amides is 2. The zero-order chi connectivity index (χ0) is 16.8. The molecule has 0 aliphatic rings. The first-order chi connectivity index (χ1) is 11.0. The second-order valence-corrected chi connectivity index (χ2v) is 5.68. The Kier molecular flexibility index (Phi) is 5.52. The standard InChI is InChI=1S/C19H22N2O2/c1-13-8-7-9-14(2)19(13)21-18(23)12-17(20-15(3)22)16-10-5-4-6-11-16/h4-11,17H,12H2,1-3H3,(H,20,22)(H,21,23). The Morgan fingerprint density at radius 1 is 0.957 bits per heavy atom. The van der Waals surface area contributed by atoms with Crippen LogP contribution in [0.25, 0.3) is 0 Å². The van der Waals surface area contributed by atoms with Crippen molar-refractivity contribution in [3.63, 3.8) is 0 Å². The van der Waals surface area contributed by atoms with Crippen LogP contribution in [0.4, 0.5) is 5.69 Å². The summed E-state index contributed by atoms with van der Waals surface area (Å²) in [6, 6.07) is 15.1. The SMILES string of the molecule is CC(=O)NC(CC(=O)Nc1c(C)cccc1C)c1ccccc1. The number of para-hydroxylation sites is 1. The molecule has 2 aromatic rings. The third-order valence-electron chi connectivity index (χ3n) is 3.71. The van der Waals surface area contributed by atoms with Crippen molar-refractivity contribution >= 4 is 17.5 Å². The molecule has 2 N–H and O–H groups in total. The van der Waals surface area contributed by atoms with Crippen molar-refractivity contribution in [2.24, 2.45) is 0 Å². The fraction of sp³-hybridized carbons (Fsp3) is 0.263. The lowest BCUT2D eigenvalue weighted by Crippen LogP contribution is -2.30. The first kappa shape index (κ1) is 16.7. The largest absolute Gasteiger partial charge is 0.349 e. The second kappa shape index (κ2) is 7.58. The van der Waals surface area contributed by atoms with Gasteiger partial charge in [0.05, 0.1) is 12.5 Å². The molecule has 0 radical (unpaired) electrons. The molecule has 2 amide bonds. The molecule has 2 aromatic carbocycles. The molecule has 2 rings (SSSR count). The van der Waals surface area contributed by atoms with Crippen LogP contribution in [-0.4, -0.2) is 11.8 Å². The van der Waals surface area contributed by atoms with Crippen molar-refractivity contribution in [1.29, 1.82) is 0 Å². The van der Waals surface area contributed by atoms with Crippen molar-refractivity contribution in [2.75, 3.05) is 5.32 Å². The average molecular weight is 310 g/mol. The lowest BCUT2D eigenvalue weighted by atomic mass is 10.0. The number of hydrogen-bond donors (Lipinski definition) is 2. The predicted octanol–water partition coefficient (Wildman–Crippen LogP) is 3.51. The van der Waals surface area contributed by atoms with Gasteiger partial charge in [0.15, 0.2) is 0 Å². The molecular formula is C19H22N2O2. The van der Waals surface area contributed by atoms with E-state index in [-0.39, 0.29) is 24.3 Å². The minimum atomic E-state index is -0.335. The van der Waals surface area contributed by atoms with E-state index in [9.17, 15) is 9.59 Å². The normalized spacial score (nSPS) is 11.6. The highest BCUT2D eigenvalue weighted by Gasteiger charge is 2.17. The van der Waals surface area contributed by atoms with Gasteiger partial charge in [-0.15, -0.1) is 0 Å². The summed E-state index contributed by atoms with van der Waals surface area (Å²) >= 11 is 0. The summed E-state index contributed by atoms with van der Waals surface area (Å²) in [5, 5.41) is 5.80. The molecule has 0 aromatic heterocycles. The third-order valence-corrected chi connectivity index (χ3v) is 3.71. The highest BCUT2D eigenvalue weighted by Crippen LogP contribution is 2.22. The Labute approximate surface area is 136 Å². The maximum atomic E-state index is 12.4. The van der Waals surface area contributed by atoms with Crippen LogP contribution in [0.5, 0.6) is 0 Å². The molecule has 1 unspecified atom stereocenters. The van der Waals surface area contributed by atoms with E-state index in [0.29, 0.717) is 0 Å². The Morgan fingerprint density at radius 2 is 1.57 bits per heavy atom. The number of anilines is 1. The second-order valence-electron chi connectivity index (χ2n) is 5.68. The van der Waals surface area contributed by atoms with Gasteiger partial charge in [-0.3, -0.25) is 9.59 Å². The number of nitrogens with one attached hydrogen (secondary N) is 2. The smallest absolute Gasteiger partial charge is 0.226 e. The van der Waals surface area contributed by atoms with Gasteiger partial charge in [-0.1, -0.05) is 48.5 Å². The molecule has 0 heterocycles. The molecule has 0 bridgehead atoms. The molecule has 1 atom stereocenters. The summed E-state index contributed by atoms with van der Waals surface area (Å²) in [6.45, 7) is 5.38. The van der Waals surface area contributed by atoms with Crippen LogP contribution < -0.4 is 10.6 Å². The summed E-state index contributed by atoms with van der Waals surface area (Å²) in [6.07, 6.45) is 0.192. The lowest BCUT2D eigenvalue weighted by Gasteiger charge is -2.19. The monoisotopic (exact) mass is 310 g/mol. The minimum absolute atomic E-state index is 0.120. The molecule has 4 nitrogen and oxygen atoms in total. The summed E-state index contributed by atoms with van der Waals surface area (Å²) < 4.78 is 0. The van der Waals surface area contributed by atoms with E-state index < -0.39 is 0 Å². The van der Waals surface area contributed by atoms with Gasteiger partial charge in [0.1, 0.15) is 0 Å². The van der Waals surface area contributed by atoms with Gasteiger partial charge in [-0.25, -0.2) is 0 Å². The quantitative estimate of drug-likeness (QED) is 0.888. The van der Waals surface area contributed by atoms with E-state index in [1.165, 1.54) is 6.92 Å². The van der Waals surface area contributed by atoms with E-state index in [4.69, 9.17) is 0 Å². The highest BCUT2D eigenvalue weighted by atomic mass is 16.2. The molecule has 0 aliphatic carbocycles. The van der Waals surface area contributed by atoms with Crippen LogP contribution in [-0.2, 0) is 9.59 Å². The first-order valence-corrected chi connectivity index (χ1v) is 7.65. The van der Waals surface area contributed by atoms with Gasteiger partial charge in [-0.2, -0.15) is 0 Å². The van der Waals surface area contributed by atoms with Crippen molar-refractivity contribution in [2.45, 2.75) is 33.2 Å². The van der Waals surface area contributed by atoms with Crippen LogP contribution in [0.2, 0.25) is 0 Å². The van der Waals surface area contributed by atoms with E-state index in [1.807, 2.05) is 62.4 Å². The molecule has 4 heteroatoms. The number of hydrogen-bond acceptors (Lipinski definition) is 2. The average Bonchev–Trinajstić information content (AvgIpc) is 2.51. The van der Waals surface area contributed by atoms with Crippen molar-refractivity contribution in [3.05, 3.63) is 65.2 Å². The third kappa shape index (κ3) is 4.68. The summed E-state index contributed by atoms with van der Waals surface area (Å²) in [4.78, 5) is 23.9. The van der Waals surface area contributed by atoms with E-state index in [0.717, 1.165) is 22.4 Å².